The lowest BCUT2D eigenvalue weighted by atomic mass is 9.86. The van der Waals surface area contributed by atoms with Crippen LogP contribution < -0.4 is 4.74 Å². The Hall–Kier alpha value is -1.59. The average molecular weight is 346 g/mol. The molecule has 1 amide bonds. The fourth-order valence-electron chi connectivity index (χ4n) is 4.19. The van der Waals surface area contributed by atoms with E-state index in [0.717, 1.165) is 56.6 Å². The highest BCUT2D eigenvalue weighted by Gasteiger charge is 2.41. The number of likely N-dealkylation sites (tertiary alicyclic amines) is 2. The summed E-state index contributed by atoms with van der Waals surface area (Å²) >= 11 is 0. The first-order chi connectivity index (χ1) is 12.0. The third-order valence-electron chi connectivity index (χ3n) is 5.73. The van der Waals surface area contributed by atoms with Crippen LogP contribution in [0.1, 0.15) is 44.6 Å². The number of rotatable bonds is 5. The number of hydrogen-bond donors (Lipinski definition) is 1. The molecule has 1 aromatic carbocycles. The molecule has 2 aliphatic heterocycles. The van der Waals surface area contributed by atoms with Gasteiger partial charge >= 0.3 is 0 Å². The molecule has 25 heavy (non-hydrogen) atoms. The molecule has 0 aliphatic carbocycles. The van der Waals surface area contributed by atoms with Crippen LogP contribution in [-0.2, 0) is 10.4 Å². The Morgan fingerprint density at radius 1 is 1.16 bits per heavy atom. The van der Waals surface area contributed by atoms with Crippen LogP contribution in [0, 0.1) is 0 Å². The average Bonchev–Trinajstić information content (AvgIpc) is 3.11. The van der Waals surface area contributed by atoms with Crippen LogP contribution in [0.15, 0.2) is 24.3 Å². The van der Waals surface area contributed by atoms with Crippen molar-refractivity contribution in [2.45, 2.75) is 50.7 Å². The number of aliphatic hydroxyl groups is 1. The van der Waals surface area contributed by atoms with Crippen LogP contribution in [0.2, 0.25) is 0 Å². The van der Waals surface area contributed by atoms with Gasteiger partial charge in [-0.2, -0.15) is 0 Å². The molecule has 1 N–H and O–H groups in total. The molecule has 138 valence electrons. The van der Waals surface area contributed by atoms with Gasteiger partial charge in [0.1, 0.15) is 11.4 Å². The van der Waals surface area contributed by atoms with E-state index < -0.39 is 5.60 Å². The second-order valence-corrected chi connectivity index (χ2v) is 7.45. The van der Waals surface area contributed by atoms with E-state index in [-0.39, 0.29) is 11.9 Å². The van der Waals surface area contributed by atoms with Gasteiger partial charge < -0.3 is 14.7 Å². The molecule has 0 aromatic heterocycles. The van der Waals surface area contributed by atoms with Crippen molar-refractivity contribution in [3.8, 4) is 5.75 Å². The normalized spacial score (nSPS) is 24.1. The Kier molecular flexibility index (Phi) is 5.64. The van der Waals surface area contributed by atoms with E-state index in [0.29, 0.717) is 6.54 Å². The van der Waals surface area contributed by atoms with E-state index in [1.807, 2.05) is 36.1 Å². The van der Waals surface area contributed by atoms with Gasteiger partial charge in [0, 0.05) is 19.1 Å². The highest BCUT2D eigenvalue weighted by molar-refractivity contribution is 5.78. The van der Waals surface area contributed by atoms with Crippen molar-refractivity contribution >= 4 is 5.91 Å². The second-order valence-electron chi connectivity index (χ2n) is 7.45. The first kappa shape index (κ1) is 18.2. The van der Waals surface area contributed by atoms with Gasteiger partial charge in [0.2, 0.25) is 5.91 Å². The maximum absolute atomic E-state index is 12.6. The first-order valence-corrected chi connectivity index (χ1v) is 9.41. The summed E-state index contributed by atoms with van der Waals surface area (Å²) in [6, 6.07) is 7.56. The fraction of sp³-hybridized carbons (Fsp3) is 0.650. The molecule has 0 bridgehead atoms. The van der Waals surface area contributed by atoms with Gasteiger partial charge in [0.05, 0.1) is 13.7 Å². The lowest BCUT2D eigenvalue weighted by Crippen LogP contribution is -2.50. The summed E-state index contributed by atoms with van der Waals surface area (Å²) in [5, 5.41) is 11.2. The molecule has 2 fully saturated rings. The summed E-state index contributed by atoms with van der Waals surface area (Å²) in [5.74, 6) is 0.986. The largest absolute Gasteiger partial charge is 0.497 e. The molecule has 0 spiro atoms. The Bertz CT molecular complexity index is 579. The number of piperidine rings is 1. The topological polar surface area (TPSA) is 53.0 Å². The third kappa shape index (κ3) is 3.98. The zero-order chi connectivity index (χ0) is 17.9. The predicted octanol–water partition coefficient (Wildman–Crippen LogP) is 2.38. The van der Waals surface area contributed by atoms with E-state index in [4.69, 9.17) is 4.74 Å². The van der Waals surface area contributed by atoms with E-state index in [9.17, 15) is 9.90 Å². The van der Waals surface area contributed by atoms with Crippen molar-refractivity contribution in [3.05, 3.63) is 29.8 Å². The molecular formula is C20H30N2O3. The highest BCUT2D eigenvalue weighted by atomic mass is 16.5. The molecule has 5 nitrogen and oxygen atoms in total. The van der Waals surface area contributed by atoms with E-state index >= 15 is 0 Å². The van der Waals surface area contributed by atoms with Gasteiger partial charge in [-0.05, 0) is 63.3 Å². The summed E-state index contributed by atoms with van der Waals surface area (Å²) in [5.41, 5.74) is -0.110. The number of benzene rings is 1. The molecule has 2 heterocycles. The zero-order valence-electron chi connectivity index (χ0n) is 15.4. The number of nitrogens with zero attached hydrogens (tertiary/aromatic N) is 2. The Balaban J connectivity index is 1.69. The van der Waals surface area contributed by atoms with Crippen LogP contribution in [0.3, 0.4) is 0 Å². The van der Waals surface area contributed by atoms with Gasteiger partial charge in [-0.1, -0.05) is 12.1 Å². The summed E-state index contributed by atoms with van der Waals surface area (Å²) in [7, 11) is 1.64. The van der Waals surface area contributed by atoms with Crippen molar-refractivity contribution in [2.24, 2.45) is 0 Å². The molecule has 2 saturated heterocycles. The minimum Gasteiger partial charge on any atom is -0.497 e. The molecular weight excluding hydrogens is 316 g/mol. The quantitative estimate of drug-likeness (QED) is 0.889. The molecule has 0 radical (unpaired) electrons. The molecule has 0 saturated carbocycles. The van der Waals surface area contributed by atoms with Crippen LogP contribution in [0.5, 0.6) is 5.75 Å². The fourth-order valence-corrected chi connectivity index (χ4v) is 4.19. The standard InChI is InChI=1S/C20H30N2O3/c1-20(24,16-8-10-17(25-2)11-9-16)18-7-6-14-22(18)15-19(23)21-12-4-3-5-13-21/h8-11,18,24H,3-7,12-15H2,1-2H3/t18-,20-/m1/s1. The molecule has 1 aromatic rings. The summed E-state index contributed by atoms with van der Waals surface area (Å²) in [6.07, 6.45) is 5.37. The molecule has 0 unspecified atom stereocenters. The van der Waals surface area contributed by atoms with Gasteiger partial charge in [0.25, 0.3) is 0 Å². The Labute approximate surface area is 150 Å². The van der Waals surface area contributed by atoms with Gasteiger partial charge in [-0.3, -0.25) is 9.69 Å². The van der Waals surface area contributed by atoms with Crippen LogP contribution in [0.25, 0.3) is 0 Å². The van der Waals surface area contributed by atoms with Crippen molar-refractivity contribution in [2.75, 3.05) is 33.3 Å². The summed E-state index contributed by atoms with van der Waals surface area (Å²) in [4.78, 5) is 16.8. The van der Waals surface area contributed by atoms with Gasteiger partial charge in [-0.15, -0.1) is 0 Å². The lowest BCUT2D eigenvalue weighted by molar-refractivity contribution is -0.134. The van der Waals surface area contributed by atoms with Crippen molar-refractivity contribution < 1.29 is 14.6 Å². The smallest absolute Gasteiger partial charge is 0.236 e. The van der Waals surface area contributed by atoms with Crippen LogP contribution in [0.4, 0.5) is 0 Å². The number of hydrogen-bond acceptors (Lipinski definition) is 4. The first-order valence-electron chi connectivity index (χ1n) is 9.41. The molecule has 5 heteroatoms. The van der Waals surface area contributed by atoms with Gasteiger partial charge in [-0.25, -0.2) is 0 Å². The monoisotopic (exact) mass is 346 g/mol. The van der Waals surface area contributed by atoms with E-state index in [1.165, 1.54) is 6.42 Å². The minimum atomic E-state index is -0.981. The van der Waals surface area contributed by atoms with E-state index in [1.54, 1.807) is 7.11 Å². The number of carbonyl (C=O) groups is 1. The van der Waals surface area contributed by atoms with Crippen molar-refractivity contribution in [1.29, 1.82) is 0 Å². The molecule has 2 atom stereocenters. The molecule has 3 rings (SSSR count). The lowest BCUT2D eigenvalue weighted by Gasteiger charge is -2.38. The highest BCUT2D eigenvalue weighted by Crippen LogP contribution is 2.35. The van der Waals surface area contributed by atoms with Crippen molar-refractivity contribution in [3.63, 3.8) is 0 Å². The number of methoxy groups -OCH3 is 1. The maximum atomic E-state index is 12.6. The Morgan fingerprint density at radius 3 is 2.48 bits per heavy atom. The van der Waals surface area contributed by atoms with Crippen molar-refractivity contribution in [1.82, 2.24) is 9.80 Å². The van der Waals surface area contributed by atoms with Crippen LogP contribution >= 0.6 is 0 Å². The predicted molar refractivity (Wildman–Crippen MR) is 97.6 cm³/mol. The second kappa shape index (κ2) is 7.75. The van der Waals surface area contributed by atoms with Crippen LogP contribution in [-0.4, -0.2) is 60.1 Å². The zero-order valence-corrected chi connectivity index (χ0v) is 15.4. The number of ether oxygens (including phenoxy) is 1. The summed E-state index contributed by atoms with van der Waals surface area (Å²) in [6.45, 7) is 4.91. The number of carbonyl (C=O) groups excluding carboxylic acids is 1. The van der Waals surface area contributed by atoms with E-state index in [2.05, 4.69) is 4.90 Å². The SMILES string of the molecule is COc1ccc([C@@](C)(O)[C@H]2CCCN2CC(=O)N2CCCCC2)cc1. The maximum Gasteiger partial charge on any atom is 0.236 e. The van der Waals surface area contributed by atoms with Gasteiger partial charge in [0.15, 0.2) is 0 Å². The Morgan fingerprint density at radius 2 is 1.84 bits per heavy atom. The minimum absolute atomic E-state index is 0.0327. The summed E-state index contributed by atoms with van der Waals surface area (Å²) < 4.78 is 5.21. The number of amides is 1. The third-order valence-corrected chi connectivity index (χ3v) is 5.73. The molecule has 2 aliphatic rings.